The summed E-state index contributed by atoms with van der Waals surface area (Å²) in [7, 11) is 0. The Kier molecular flexibility index (Phi) is 34.0. The molecule has 0 saturated heterocycles. The van der Waals surface area contributed by atoms with Crippen molar-refractivity contribution in [2.24, 2.45) is 0 Å². The van der Waals surface area contributed by atoms with Crippen molar-refractivity contribution in [1.82, 2.24) is 0 Å². The quantitative estimate of drug-likeness (QED) is 0.139. The zero-order valence-electron chi connectivity index (χ0n) is 31.7. The summed E-state index contributed by atoms with van der Waals surface area (Å²) in [6.07, 6.45) is 24.6. The molecule has 0 bridgehead atoms. The van der Waals surface area contributed by atoms with Crippen molar-refractivity contribution in [3.05, 3.63) is 144 Å². The molecule has 0 fully saturated rings. The van der Waals surface area contributed by atoms with E-state index in [1.54, 1.807) is 0 Å². The van der Waals surface area contributed by atoms with Gasteiger partial charge in [-0.3, -0.25) is 0 Å². The maximum absolute atomic E-state index is 2.37. The smallest absolute Gasteiger partial charge is 0.0124 e. The summed E-state index contributed by atoms with van der Waals surface area (Å²) in [6.45, 7) is 21.0. The monoisotopic (exact) mass is 625 g/mol. The highest BCUT2D eigenvalue weighted by Gasteiger charge is 2.08. The molecule has 0 nitrogen and oxygen atoms in total. The molecule has 0 heteroatoms. The molecule has 0 aromatic heterocycles. The van der Waals surface area contributed by atoms with Gasteiger partial charge in [-0.15, -0.1) is 0 Å². The predicted molar refractivity (Wildman–Crippen MR) is 213 cm³/mol. The average molecular weight is 625 g/mol. The molecule has 0 saturated carbocycles. The number of rotatable bonds is 16. The molecule has 0 heterocycles. The van der Waals surface area contributed by atoms with E-state index in [9.17, 15) is 0 Å². The summed E-state index contributed by atoms with van der Waals surface area (Å²) in [5, 5.41) is 0. The van der Waals surface area contributed by atoms with Crippen molar-refractivity contribution in [3.8, 4) is 0 Å². The molecular formula is C46H72. The third-order valence-electron chi connectivity index (χ3n) is 7.66. The molecule has 3 atom stereocenters. The molecular weight excluding hydrogens is 553 g/mol. The van der Waals surface area contributed by atoms with Gasteiger partial charge in [0.05, 0.1) is 0 Å². The molecule has 0 aliphatic rings. The normalized spacial score (nSPS) is 12.4. The molecule has 3 rings (SSSR count). The summed E-state index contributed by atoms with van der Waals surface area (Å²) in [5.41, 5.74) is 4.39. The van der Waals surface area contributed by atoms with Crippen LogP contribution in [-0.2, 0) is 0 Å². The van der Waals surface area contributed by atoms with Gasteiger partial charge in [0.25, 0.3) is 0 Å². The molecule has 256 valence electrons. The highest BCUT2D eigenvalue weighted by Crippen LogP contribution is 2.26. The maximum Gasteiger partial charge on any atom is -0.0124 e. The number of benzene rings is 3. The lowest BCUT2D eigenvalue weighted by molar-refractivity contribution is 0.639. The first-order valence-electron chi connectivity index (χ1n) is 18.8. The number of hydrogen-bond donors (Lipinski definition) is 0. The average Bonchev–Trinajstić information content (AvgIpc) is 3.14. The first-order valence-corrected chi connectivity index (χ1v) is 18.8. The van der Waals surface area contributed by atoms with E-state index >= 15 is 0 Å². The molecule has 46 heavy (non-hydrogen) atoms. The predicted octanol–water partition coefficient (Wildman–Crippen LogP) is 15.7. The largest absolute Gasteiger partial charge is 0.0888 e. The van der Waals surface area contributed by atoms with E-state index < -0.39 is 0 Å². The van der Waals surface area contributed by atoms with Crippen molar-refractivity contribution in [3.63, 3.8) is 0 Å². The summed E-state index contributed by atoms with van der Waals surface area (Å²) in [6, 6.07) is 32.6. The van der Waals surface area contributed by atoms with Crippen LogP contribution in [0.15, 0.2) is 127 Å². The Morgan fingerprint density at radius 2 is 0.804 bits per heavy atom. The Hall–Kier alpha value is -3.12. The zero-order valence-corrected chi connectivity index (χ0v) is 31.7. The molecule has 3 unspecified atom stereocenters. The van der Waals surface area contributed by atoms with E-state index in [-0.39, 0.29) is 0 Å². The Balaban J connectivity index is 0. The van der Waals surface area contributed by atoms with Gasteiger partial charge in [-0.05, 0) is 92.2 Å². The van der Waals surface area contributed by atoms with Crippen LogP contribution in [0.3, 0.4) is 0 Å². The van der Waals surface area contributed by atoms with Crippen molar-refractivity contribution >= 4 is 0 Å². The lowest BCUT2D eigenvalue weighted by atomic mass is 9.91. The molecule has 0 aliphatic carbocycles. The summed E-state index contributed by atoms with van der Waals surface area (Å²) in [5.74, 6) is 1.96. The molecule has 3 aromatic carbocycles. The number of allylic oxidation sites excluding steroid dienone is 6. The van der Waals surface area contributed by atoms with Crippen LogP contribution in [0.4, 0.5) is 0 Å². The second kappa shape index (κ2) is 34.7. The van der Waals surface area contributed by atoms with E-state index in [1.165, 1.54) is 48.8 Å². The summed E-state index contributed by atoms with van der Waals surface area (Å²) in [4.78, 5) is 0. The van der Waals surface area contributed by atoms with Crippen LogP contribution in [0.2, 0.25) is 0 Å². The standard InChI is InChI=1S/C22H28.C18H26.3C2H6/c1-3-20(22-17-11-6-12-18-22)14-8-4-7-13-19(2)21-15-9-5-10-16-21;1-3-5-7-10-14-17(13-9-6-4-2)18-15-11-8-12-16-18;3*1-2/h4-6,8-12,15-20H,3,7,13-14H2,1-2H3;5-9,11-12,15-17H,3-4,10,13-14H2,1-2H3;3*1-2H3/b8-4+;7-5+,9-6+;;;. The van der Waals surface area contributed by atoms with Gasteiger partial charge < -0.3 is 0 Å². The topological polar surface area (TPSA) is 0 Å². The summed E-state index contributed by atoms with van der Waals surface area (Å²) < 4.78 is 0. The van der Waals surface area contributed by atoms with Gasteiger partial charge in [0.2, 0.25) is 0 Å². The third kappa shape index (κ3) is 22.4. The third-order valence-corrected chi connectivity index (χ3v) is 7.66. The van der Waals surface area contributed by atoms with Gasteiger partial charge in [0, 0.05) is 0 Å². The Morgan fingerprint density at radius 3 is 1.28 bits per heavy atom. The van der Waals surface area contributed by atoms with Crippen LogP contribution in [-0.4, -0.2) is 0 Å². The van der Waals surface area contributed by atoms with Crippen molar-refractivity contribution < 1.29 is 0 Å². The van der Waals surface area contributed by atoms with Crippen LogP contribution in [0.1, 0.15) is 161 Å². The van der Waals surface area contributed by atoms with Crippen LogP contribution < -0.4 is 0 Å². The Labute approximate surface area is 288 Å². The minimum absolute atomic E-state index is 0.641. The first kappa shape index (κ1) is 45.0. The fraction of sp³-hybridized carbons (Fsp3) is 0.478. The molecule has 0 spiro atoms. The molecule has 0 radical (unpaired) electrons. The van der Waals surface area contributed by atoms with Crippen LogP contribution in [0.5, 0.6) is 0 Å². The van der Waals surface area contributed by atoms with E-state index in [0.29, 0.717) is 17.8 Å². The van der Waals surface area contributed by atoms with Crippen LogP contribution in [0.25, 0.3) is 0 Å². The van der Waals surface area contributed by atoms with Gasteiger partial charge >= 0.3 is 0 Å². The van der Waals surface area contributed by atoms with E-state index in [1.807, 2.05) is 41.5 Å². The van der Waals surface area contributed by atoms with Crippen molar-refractivity contribution in [1.29, 1.82) is 0 Å². The van der Waals surface area contributed by atoms with Crippen LogP contribution >= 0.6 is 0 Å². The second-order valence-corrected chi connectivity index (χ2v) is 10.8. The van der Waals surface area contributed by atoms with Crippen LogP contribution in [0, 0.1) is 0 Å². The van der Waals surface area contributed by atoms with Gasteiger partial charge in [-0.2, -0.15) is 0 Å². The fourth-order valence-electron chi connectivity index (χ4n) is 5.09. The lowest BCUT2D eigenvalue weighted by Crippen LogP contribution is -1.97. The zero-order chi connectivity index (χ0) is 34.7. The highest BCUT2D eigenvalue weighted by molar-refractivity contribution is 5.22. The van der Waals surface area contributed by atoms with Crippen molar-refractivity contribution in [2.45, 2.75) is 145 Å². The first-order chi connectivity index (χ1) is 22.7. The SMILES string of the molecule is CC.CC.CC.CC/C=C/CCC(C/C=C/CC)c1ccccc1.CCC(C/C=C/CCC(C)c1ccccc1)c1ccccc1. The lowest BCUT2D eigenvalue weighted by Gasteiger charge is -2.14. The molecule has 0 N–H and O–H groups in total. The van der Waals surface area contributed by atoms with E-state index in [2.05, 4.69) is 155 Å². The molecule has 3 aromatic rings. The second-order valence-electron chi connectivity index (χ2n) is 10.8. The fourth-order valence-corrected chi connectivity index (χ4v) is 5.09. The van der Waals surface area contributed by atoms with Gasteiger partial charge in [0.15, 0.2) is 0 Å². The summed E-state index contributed by atoms with van der Waals surface area (Å²) >= 11 is 0. The van der Waals surface area contributed by atoms with Gasteiger partial charge in [0.1, 0.15) is 0 Å². The Morgan fingerprint density at radius 1 is 0.435 bits per heavy atom. The minimum Gasteiger partial charge on any atom is -0.0888 e. The minimum atomic E-state index is 0.641. The van der Waals surface area contributed by atoms with Gasteiger partial charge in [-0.1, -0.05) is 197 Å². The van der Waals surface area contributed by atoms with Gasteiger partial charge in [-0.25, -0.2) is 0 Å². The van der Waals surface area contributed by atoms with E-state index in [0.717, 1.165) is 25.7 Å². The highest BCUT2D eigenvalue weighted by atomic mass is 14.1. The Bertz CT molecular complexity index is 1060. The molecule has 0 amide bonds. The van der Waals surface area contributed by atoms with E-state index in [4.69, 9.17) is 0 Å². The molecule has 0 aliphatic heterocycles. The van der Waals surface area contributed by atoms with Crippen molar-refractivity contribution in [2.75, 3.05) is 0 Å². The maximum atomic E-state index is 2.37. The number of hydrogen-bond acceptors (Lipinski definition) is 0.